The molecule has 1 unspecified atom stereocenters. The maximum atomic E-state index is 11.8. The van der Waals surface area contributed by atoms with Gasteiger partial charge in [0.2, 0.25) is 0 Å². The topological polar surface area (TPSA) is 42.2 Å². The molecule has 16 heavy (non-hydrogen) atoms. The zero-order valence-electron chi connectivity index (χ0n) is 9.97. The third kappa shape index (κ3) is 3.56. The number of hydrogen-bond donors (Lipinski definition) is 1. The summed E-state index contributed by atoms with van der Waals surface area (Å²) in [6.07, 6.45) is 1.80. The van der Waals surface area contributed by atoms with Gasteiger partial charge in [0.05, 0.1) is 5.56 Å². The third-order valence-corrected chi connectivity index (χ3v) is 2.70. The number of amides is 1. The van der Waals surface area contributed by atoms with Crippen LogP contribution in [0.2, 0.25) is 0 Å². The van der Waals surface area contributed by atoms with Gasteiger partial charge < -0.3 is 9.73 Å². The molecule has 0 aliphatic rings. The first-order chi connectivity index (χ1) is 7.54. The molecular weight excluding hydrogens is 226 g/mol. The van der Waals surface area contributed by atoms with Crippen LogP contribution in [0.25, 0.3) is 0 Å². The Morgan fingerprint density at radius 2 is 2.25 bits per heavy atom. The van der Waals surface area contributed by atoms with Gasteiger partial charge in [0.15, 0.2) is 0 Å². The second kappa shape index (κ2) is 5.94. The number of furan rings is 1. The lowest BCUT2D eigenvalue weighted by Gasteiger charge is -2.12. The van der Waals surface area contributed by atoms with Crippen LogP contribution < -0.4 is 5.32 Å². The van der Waals surface area contributed by atoms with Crippen LogP contribution >= 0.6 is 11.6 Å². The van der Waals surface area contributed by atoms with E-state index in [1.165, 1.54) is 0 Å². The van der Waals surface area contributed by atoms with Crippen molar-refractivity contribution in [2.45, 2.75) is 39.7 Å². The monoisotopic (exact) mass is 243 g/mol. The second-order valence-corrected chi connectivity index (χ2v) is 4.41. The molecule has 1 heterocycles. The van der Waals surface area contributed by atoms with E-state index < -0.39 is 0 Å². The van der Waals surface area contributed by atoms with Crippen LogP contribution in [0.5, 0.6) is 0 Å². The predicted molar refractivity (Wildman–Crippen MR) is 65.1 cm³/mol. The van der Waals surface area contributed by atoms with Crippen LogP contribution in [0, 0.1) is 13.8 Å². The molecule has 4 heteroatoms. The molecule has 3 nitrogen and oxygen atoms in total. The Balaban J connectivity index is 2.55. The van der Waals surface area contributed by atoms with Crippen molar-refractivity contribution in [1.82, 2.24) is 5.32 Å². The summed E-state index contributed by atoms with van der Waals surface area (Å²) in [4.78, 5) is 11.8. The summed E-state index contributed by atoms with van der Waals surface area (Å²) in [5, 5.41) is 2.93. The Morgan fingerprint density at radius 3 is 2.75 bits per heavy atom. The van der Waals surface area contributed by atoms with E-state index in [2.05, 4.69) is 5.32 Å². The summed E-state index contributed by atoms with van der Waals surface area (Å²) in [6, 6.07) is 1.90. The Labute approximate surface area is 101 Å². The molecular formula is C12H18ClNO2. The van der Waals surface area contributed by atoms with E-state index >= 15 is 0 Å². The molecule has 0 aliphatic carbocycles. The van der Waals surface area contributed by atoms with Gasteiger partial charge >= 0.3 is 0 Å². The molecule has 1 rings (SSSR count). The fourth-order valence-corrected chi connectivity index (χ4v) is 1.77. The van der Waals surface area contributed by atoms with Crippen LogP contribution in [-0.4, -0.2) is 17.8 Å². The smallest absolute Gasteiger partial charge is 0.255 e. The lowest BCUT2D eigenvalue weighted by molar-refractivity contribution is 0.0937. The lowest BCUT2D eigenvalue weighted by Crippen LogP contribution is -2.32. The molecule has 1 atom stereocenters. The highest BCUT2D eigenvalue weighted by atomic mass is 35.5. The molecule has 0 fully saturated rings. The second-order valence-electron chi connectivity index (χ2n) is 4.03. The first kappa shape index (κ1) is 13.1. The van der Waals surface area contributed by atoms with E-state index in [0.29, 0.717) is 17.2 Å². The molecule has 90 valence electrons. The maximum Gasteiger partial charge on any atom is 0.255 e. The van der Waals surface area contributed by atoms with Crippen LogP contribution in [0.15, 0.2) is 10.5 Å². The van der Waals surface area contributed by atoms with E-state index in [-0.39, 0.29) is 11.9 Å². The average Bonchev–Trinajstić information content (AvgIpc) is 2.54. The number of aryl methyl sites for hydroxylation is 2. The summed E-state index contributed by atoms with van der Waals surface area (Å²) in [5.74, 6) is 1.98. The van der Waals surface area contributed by atoms with Gasteiger partial charge in [-0.3, -0.25) is 4.79 Å². The number of rotatable bonds is 5. The third-order valence-electron chi connectivity index (χ3n) is 2.43. The molecule has 0 saturated heterocycles. The number of hydrogen-bond acceptors (Lipinski definition) is 2. The molecule has 0 saturated carbocycles. The van der Waals surface area contributed by atoms with Crippen LogP contribution in [0.4, 0.5) is 0 Å². The molecule has 0 bridgehead atoms. The van der Waals surface area contributed by atoms with E-state index in [1.807, 2.05) is 13.8 Å². The summed E-state index contributed by atoms with van der Waals surface area (Å²) in [6.45, 7) is 5.61. The molecule has 1 N–H and O–H groups in total. The van der Waals surface area contributed by atoms with Gasteiger partial charge in [-0.05, 0) is 39.7 Å². The van der Waals surface area contributed by atoms with E-state index in [0.717, 1.165) is 18.6 Å². The van der Waals surface area contributed by atoms with Crippen molar-refractivity contribution in [1.29, 1.82) is 0 Å². The van der Waals surface area contributed by atoms with Crippen LogP contribution in [0.1, 0.15) is 41.6 Å². The highest BCUT2D eigenvalue weighted by Crippen LogP contribution is 2.13. The first-order valence-corrected chi connectivity index (χ1v) is 6.02. The molecule has 0 aromatic carbocycles. The number of alkyl halides is 1. The maximum absolute atomic E-state index is 11.8. The van der Waals surface area contributed by atoms with E-state index in [9.17, 15) is 4.79 Å². The zero-order chi connectivity index (χ0) is 12.1. The predicted octanol–water partition coefficient (Wildman–Crippen LogP) is 3.03. The lowest BCUT2D eigenvalue weighted by atomic mass is 10.1. The van der Waals surface area contributed by atoms with E-state index in [4.69, 9.17) is 16.0 Å². The Bertz CT molecular complexity index is 360. The Kier molecular flexibility index (Phi) is 4.87. The van der Waals surface area contributed by atoms with Gasteiger partial charge in [-0.2, -0.15) is 0 Å². The standard InChI is InChI=1S/C12H18ClNO2/c1-8(5-4-6-13)14-12(15)11-7-9(2)16-10(11)3/h7-8H,4-6H2,1-3H3,(H,14,15). The van der Waals surface area contributed by atoms with Gasteiger partial charge in [-0.15, -0.1) is 11.6 Å². The van der Waals surface area contributed by atoms with Crippen molar-refractivity contribution in [3.63, 3.8) is 0 Å². The van der Waals surface area contributed by atoms with Crippen molar-refractivity contribution < 1.29 is 9.21 Å². The molecule has 1 aromatic rings. The van der Waals surface area contributed by atoms with Crippen LogP contribution in [0.3, 0.4) is 0 Å². The summed E-state index contributed by atoms with van der Waals surface area (Å²) < 4.78 is 5.32. The van der Waals surface area contributed by atoms with Crippen molar-refractivity contribution in [2.75, 3.05) is 5.88 Å². The minimum Gasteiger partial charge on any atom is -0.466 e. The van der Waals surface area contributed by atoms with Crippen molar-refractivity contribution in [2.24, 2.45) is 0 Å². The zero-order valence-corrected chi connectivity index (χ0v) is 10.7. The van der Waals surface area contributed by atoms with Crippen molar-refractivity contribution in [3.8, 4) is 0 Å². The number of carbonyl (C=O) groups excluding carboxylic acids is 1. The van der Waals surface area contributed by atoms with Crippen molar-refractivity contribution >= 4 is 17.5 Å². The molecule has 1 amide bonds. The fourth-order valence-electron chi connectivity index (χ4n) is 1.61. The summed E-state index contributed by atoms with van der Waals surface area (Å²) in [7, 11) is 0. The Morgan fingerprint density at radius 1 is 1.56 bits per heavy atom. The summed E-state index contributed by atoms with van der Waals surface area (Å²) in [5.41, 5.74) is 0.621. The van der Waals surface area contributed by atoms with Gasteiger partial charge in [-0.1, -0.05) is 0 Å². The average molecular weight is 244 g/mol. The minimum atomic E-state index is -0.0728. The molecule has 0 radical (unpaired) electrons. The SMILES string of the molecule is Cc1cc(C(=O)NC(C)CCCCl)c(C)o1. The highest BCUT2D eigenvalue weighted by Gasteiger charge is 2.15. The van der Waals surface area contributed by atoms with E-state index in [1.54, 1.807) is 13.0 Å². The minimum absolute atomic E-state index is 0.0728. The quantitative estimate of drug-likeness (QED) is 0.808. The Hall–Kier alpha value is -0.960. The van der Waals surface area contributed by atoms with Gasteiger partial charge in [-0.25, -0.2) is 0 Å². The molecule has 0 aliphatic heterocycles. The number of carbonyl (C=O) groups is 1. The fraction of sp³-hybridized carbons (Fsp3) is 0.583. The largest absolute Gasteiger partial charge is 0.466 e. The summed E-state index contributed by atoms with van der Waals surface area (Å²) >= 11 is 5.60. The normalized spacial score (nSPS) is 12.5. The highest BCUT2D eigenvalue weighted by molar-refractivity contribution is 6.17. The first-order valence-electron chi connectivity index (χ1n) is 5.48. The van der Waals surface area contributed by atoms with Crippen LogP contribution in [-0.2, 0) is 0 Å². The van der Waals surface area contributed by atoms with Gasteiger partial charge in [0.1, 0.15) is 11.5 Å². The number of nitrogens with one attached hydrogen (secondary N) is 1. The van der Waals surface area contributed by atoms with Crippen molar-refractivity contribution in [3.05, 3.63) is 23.2 Å². The molecule has 1 aromatic heterocycles. The number of halogens is 1. The van der Waals surface area contributed by atoms with Gasteiger partial charge in [0.25, 0.3) is 5.91 Å². The van der Waals surface area contributed by atoms with Gasteiger partial charge in [0, 0.05) is 11.9 Å². The molecule has 0 spiro atoms.